The molecular formula is C16H21NO4. The zero-order valence-electron chi connectivity index (χ0n) is 12.2. The number of rotatable bonds is 6. The second-order valence-corrected chi connectivity index (χ2v) is 5.29. The third-order valence-corrected chi connectivity index (χ3v) is 3.64. The number of carboxylic acid groups (broad SMARTS) is 1. The molecule has 21 heavy (non-hydrogen) atoms. The monoisotopic (exact) mass is 291 g/mol. The van der Waals surface area contributed by atoms with Crippen LogP contribution in [0.1, 0.15) is 43.4 Å². The number of hydrogen-bond acceptors (Lipinski definition) is 3. The molecule has 5 nitrogen and oxygen atoms in total. The van der Waals surface area contributed by atoms with E-state index in [2.05, 4.69) is 5.32 Å². The van der Waals surface area contributed by atoms with Crippen LogP contribution in [0.4, 0.5) is 0 Å². The van der Waals surface area contributed by atoms with Gasteiger partial charge in [-0.2, -0.15) is 0 Å². The zero-order chi connectivity index (χ0) is 15.2. The first-order valence-corrected chi connectivity index (χ1v) is 7.33. The van der Waals surface area contributed by atoms with Gasteiger partial charge >= 0.3 is 5.97 Å². The minimum Gasteiger partial charge on any atom is -0.481 e. The van der Waals surface area contributed by atoms with Crippen molar-refractivity contribution in [1.29, 1.82) is 0 Å². The molecule has 1 heterocycles. The van der Waals surface area contributed by atoms with E-state index in [0.717, 1.165) is 24.0 Å². The maximum absolute atomic E-state index is 12.4. The highest BCUT2D eigenvalue weighted by Crippen LogP contribution is 2.27. The van der Waals surface area contributed by atoms with Gasteiger partial charge in [0.15, 0.2) is 6.10 Å². The highest BCUT2D eigenvalue weighted by molar-refractivity contribution is 5.83. The summed E-state index contributed by atoms with van der Waals surface area (Å²) in [7, 11) is 0. The fourth-order valence-electron chi connectivity index (χ4n) is 2.67. The van der Waals surface area contributed by atoms with Crippen LogP contribution in [0.2, 0.25) is 0 Å². The molecule has 0 saturated carbocycles. The van der Waals surface area contributed by atoms with E-state index in [1.54, 1.807) is 0 Å². The highest BCUT2D eigenvalue weighted by atomic mass is 16.5. The summed E-state index contributed by atoms with van der Waals surface area (Å²) in [6.07, 6.45) is 1.57. The number of carbonyl (C=O) groups excluding carboxylic acids is 1. The number of benzene rings is 1. The van der Waals surface area contributed by atoms with Crippen molar-refractivity contribution in [1.82, 2.24) is 5.32 Å². The van der Waals surface area contributed by atoms with E-state index in [-0.39, 0.29) is 18.4 Å². The molecule has 114 valence electrons. The first-order chi connectivity index (χ1) is 10.1. The quantitative estimate of drug-likeness (QED) is 0.841. The van der Waals surface area contributed by atoms with E-state index < -0.39 is 12.1 Å². The molecule has 1 amide bonds. The lowest BCUT2D eigenvalue weighted by molar-refractivity contribution is -0.139. The highest BCUT2D eigenvalue weighted by Gasteiger charge is 2.28. The lowest BCUT2D eigenvalue weighted by atomic mass is 9.96. The second-order valence-electron chi connectivity index (χ2n) is 5.29. The molecule has 1 unspecified atom stereocenters. The van der Waals surface area contributed by atoms with Gasteiger partial charge in [0, 0.05) is 6.04 Å². The predicted octanol–water partition coefficient (Wildman–Crippen LogP) is 2.06. The first-order valence-electron chi connectivity index (χ1n) is 7.33. The molecule has 5 heteroatoms. The minimum absolute atomic E-state index is 0.0616. The second kappa shape index (κ2) is 7.22. The van der Waals surface area contributed by atoms with Crippen molar-refractivity contribution < 1.29 is 19.4 Å². The van der Waals surface area contributed by atoms with Crippen LogP contribution in [-0.2, 0) is 20.7 Å². The largest absolute Gasteiger partial charge is 0.481 e. The summed E-state index contributed by atoms with van der Waals surface area (Å²) in [4.78, 5) is 23.3. The molecule has 0 fully saturated rings. The number of carbonyl (C=O) groups is 2. The van der Waals surface area contributed by atoms with Gasteiger partial charge in [-0.25, -0.2) is 0 Å². The molecule has 0 aliphatic carbocycles. The average Bonchev–Trinajstić information content (AvgIpc) is 2.46. The summed E-state index contributed by atoms with van der Waals surface area (Å²) < 4.78 is 5.59. The van der Waals surface area contributed by atoms with Crippen molar-refractivity contribution >= 4 is 11.9 Å². The lowest BCUT2D eigenvalue weighted by Crippen LogP contribution is -2.41. The van der Waals surface area contributed by atoms with E-state index in [4.69, 9.17) is 9.84 Å². The number of nitrogens with one attached hydrogen (secondary N) is 1. The fourth-order valence-corrected chi connectivity index (χ4v) is 2.67. The van der Waals surface area contributed by atoms with E-state index in [1.807, 2.05) is 31.2 Å². The Morgan fingerprint density at radius 2 is 2.19 bits per heavy atom. The number of ether oxygens (including phenoxy) is 1. The topological polar surface area (TPSA) is 75.6 Å². The molecule has 1 aromatic rings. The number of amides is 1. The van der Waals surface area contributed by atoms with Crippen LogP contribution in [-0.4, -0.2) is 29.6 Å². The molecule has 0 spiro atoms. The summed E-state index contributed by atoms with van der Waals surface area (Å²) in [5, 5.41) is 11.7. The molecule has 1 aliphatic heterocycles. The van der Waals surface area contributed by atoms with Gasteiger partial charge in [0.2, 0.25) is 0 Å². The third kappa shape index (κ3) is 4.04. The number of fused-ring (bicyclic) bond motifs is 1. The Bertz CT molecular complexity index is 515. The van der Waals surface area contributed by atoms with E-state index in [9.17, 15) is 9.59 Å². The molecule has 2 atom stereocenters. The third-order valence-electron chi connectivity index (χ3n) is 3.64. The average molecular weight is 291 g/mol. The van der Waals surface area contributed by atoms with Crippen molar-refractivity contribution in [2.45, 2.75) is 44.8 Å². The smallest absolute Gasteiger partial charge is 0.305 e. The van der Waals surface area contributed by atoms with E-state index in [0.29, 0.717) is 13.0 Å². The fraction of sp³-hybridized carbons (Fsp3) is 0.500. The predicted molar refractivity (Wildman–Crippen MR) is 77.9 cm³/mol. The van der Waals surface area contributed by atoms with E-state index >= 15 is 0 Å². The van der Waals surface area contributed by atoms with Gasteiger partial charge < -0.3 is 15.2 Å². The Balaban J connectivity index is 2.08. The molecule has 0 saturated heterocycles. The van der Waals surface area contributed by atoms with Crippen molar-refractivity contribution in [3.63, 3.8) is 0 Å². The van der Waals surface area contributed by atoms with Gasteiger partial charge in [0.25, 0.3) is 5.91 Å². The van der Waals surface area contributed by atoms with Crippen molar-refractivity contribution in [3.8, 4) is 0 Å². The normalized spacial score (nSPS) is 18.6. The van der Waals surface area contributed by atoms with Gasteiger partial charge in [-0.1, -0.05) is 37.6 Å². The van der Waals surface area contributed by atoms with Crippen molar-refractivity contribution in [3.05, 3.63) is 35.4 Å². The van der Waals surface area contributed by atoms with Gasteiger partial charge in [0.1, 0.15) is 0 Å². The molecule has 0 radical (unpaired) electrons. The van der Waals surface area contributed by atoms with Crippen LogP contribution in [0.25, 0.3) is 0 Å². The molecule has 2 rings (SSSR count). The van der Waals surface area contributed by atoms with E-state index in [1.165, 1.54) is 0 Å². The van der Waals surface area contributed by atoms with Crippen LogP contribution in [0.15, 0.2) is 24.3 Å². The number of hydrogen-bond donors (Lipinski definition) is 2. The van der Waals surface area contributed by atoms with Gasteiger partial charge in [-0.15, -0.1) is 0 Å². The van der Waals surface area contributed by atoms with Crippen LogP contribution < -0.4 is 5.32 Å². The van der Waals surface area contributed by atoms with Gasteiger partial charge in [0.05, 0.1) is 13.0 Å². The Labute approximate surface area is 124 Å². The molecule has 0 aromatic heterocycles. The number of aliphatic carboxylic acids is 1. The summed E-state index contributed by atoms with van der Waals surface area (Å²) in [6.45, 7) is 2.47. The summed E-state index contributed by atoms with van der Waals surface area (Å²) >= 11 is 0. The Hall–Kier alpha value is -1.88. The van der Waals surface area contributed by atoms with Crippen molar-refractivity contribution in [2.75, 3.05) is 6.61 Å². The van der Waals surface area contributed by atoms with Crippen LogP contribution >= 0.6 is 0 Å². The van der Waals surface area contributed by atoms with Crippen LogP contribution in [0.5, 0.6) is 0 Å². The minimum atomic E-state index is -0.904. The van der Waals surface area contributed by atoms with Crippen molar-refractivity contribution in [2.24, 2.45) is 0 Å². The Morgan fingerprint density at radius 1 is 1.43 bits per heavy atom. The molecule has 1 aromatic carbocycles. The van der Waals surface area contributed by atoms with Gasteiger partial charge in [-0.05, 0) is 24.0 Å². The maximum atomic E-state index is 12.4. The van der Waals surface area contributed by atoms with Gasteiger partial charge in [-0.3, -0.25) is 9.59 Å². The maximum Gasteiger partial charge on any atom is 0.305 e. The Kier molecular flexibility index (Phi) is 5.33. The number of carboxylic acids is 1. The molecule has 1 aliphatic rings. The summed E-state index contributed by atoms with van der Waals surface area (Å²) in [5.74, 6) is -1.15. The SMILES string of the molecule is CCC[C@@H](CC(=O)O)NC(=O)C1OCCc2ccccc21. The standard InChI is InChI=1S/C16H21NO4/c1-2-5-12(10-14(18)19)17-16(20)15-13-7-4-3-6-11(13)8-9-21-15/h3-4,6-7,12,15H,2,5,8-10H2,1H3,(H,17,20)(H,18,19)/t12-,15?/m0/s1. The first kappa shape index (κ1) is 15.5. The summed E-state index contributed by atoms with van der Waals surface area (Å²) in [6, 6.07) is 7.37. The summed E-state index contributed by atoms with van der Waals surface area (Å²) in [5.41, 5.74) is 2.00. The molecular weight excluding hydrogens is 270 g/mol. The van der Waals surface area contributed by atoms with Crippen LogP contribution in [0, 0.1) is 0 Å². The molecule has 2 N–H and O–H groups in total. The molecule has 0 bridgehead atoms. The lowest BCUT2D eigenvalue weighted by Gasteiger charge is -2.27. The van der Waals surface area contributed by atoms with Crippen LogP contribution in [0.3, 0.4) is 0 Å². The zero-order valence-corrected chi connectivity index (χ0v) is 12.2. The Morgan fingerprint density at radius 3 is 2.90 bits per heavy atom.